The van der Waals surface area contributed by atoms with Crippen LogP contribution in [0.3, 0.4) is 0 Å². The molecule has 2 heterocycles. The van der Waals surface area contributed by atoms with Crippen molar-refractivity contribution in [2.45, 2.75) is 81.0 Å². The third-order valence-electron chi connectivity index (χ3n) is 8.58. The molecule has 4 aromatic rings. The largest absolute Gasteiger partial charge is 0.490 e. The zero-order valence-electron chi connectivity index (χ0n) is 33.3. The van der Waals surface area contributed by atoms with Crippen LogP contribution >= 0.6 is 23.4 Å². The maximum absolute atomic E-state index is 13.2. The van der Waals surface area contributed by atoms with Gasteiger partial charge in [-0.1, -0.05) is 35.5 Å². The fourth-order valence-electron chi connectivity index (χ4n) is 5.28. The lowest BCUT2D eigenvalue weighted by molar-refractivity contribution is -0.167. The van der Waals surface area contributed by atoms with Gasteiger partial charge in [0.05, 0.1) is 35.5 Å². The molecule has 2 amide bonds. The van der Waals surface area contributed by atoms with E-state index in [1.807, 2.05) is 6.07 Å². The highest BCUT2D eigenvalue weighted by Crippen LogP contribution is 2.37. The molecule has 322 valence electrons. The zero-order valence-corrected chi connectivity index (χ0v) is 34.9. The minimum atomic E-state index is -1.58. The van der Waals surface area contributed by atoms with Crippen molar-refractivity contribution in [1.82, 2.24) is 20.6 Å². The van der Waals surface area contributed by atoms with E-state index in [1.165, 1.54) is 57.9 Å². The summed E-state index contributed by atoms with van der Waals surface area (Å²) in [6.07, 6.45) is -2.75. The third kappa shape index (κ3) is 12.9. The molecule has 21 heteroatoms. The first-order chi connectivity index (χ1) is 28.9. The number of benzene rings is 2. The Kier molecular flexibility index (Phi) is 17.0. The van der Waals surface area contributed by atoms with Crippen molar-refractivity contribution in [3.8, 4) is 40.5 Å². The lowest BCUT2D eigenvalue weighted by atomic mass is 9.97. The number of amides is 2. The van der Waals surface area contributed by atoms with Gasteiger partial charge in [-0.15, -0.1) is 0 Å². The third-order valence-corrected chi connectivity index (χ3v) is 9.84. The fourth-order valence-corrected chi connectivity index (χ4v) is 6.28. The lowest BCUT2D eigenvalue weighted by Gasteiger charge is -2.26. The normalized spacial score (nSPS) is 14.4. The number of thioether (sulfide) groups is 1. The molecule has 0 spiro atoms. The van der Waals surface area contributed by atoms with Gasteiger partial charge in [-0.25, -0.2) is 19.6 Å². The SMILES string of the molecule is C[C@H](N)C(=O)N[C@H](C(=O)OC[C@H](COc1ccc(-c2c(C#N)c(N)nc(SCc3coc(-c4ccc(Cl)cc4)n3)c2C#N)cc1)OC(=O)[C@@H](NC(=O)[C@H](C)N)[C@@H](C)O)[C@@H](C)O. The maximum Gasteiger partial charge on any atom is 0.331 e. The Bertz CT molecular complexity index is 2270. The number of hydrogen-bond acceptors (Lipinski definition) is 18. The second-order valence-corrected chi connectivity index (χ2v) is 15.0. The number of nitrogens with two attached hydrogens (primary N) is 3. The molecule has 10 N–H and O–H groups in total. The van der Waals surface area contributed by atoms with Crippen LogP contribution in [0, 0.1) is 22.7 Å². The average Bonchev–Trinajstić information content (AvgIpc) is 3.70. The molecule has 0 aliphatic carbocycles. The molecule has 0 bridgehead atoms. The number of ether oxygens (including phenoxy) is 3. The van der Waals surface area contributed by atoms with Crippen LogP contribution < -0.4 is 32.6 Å². The van der Waals surface area contributed by atoms with E-state index in [0.29, 0.717) is 27.7 Å². The number of aliphatic hydroxyl groups excluding tert-OH is 2. The van der Waals surface area contributed by atoms with Crippen molar-refractivity contribution >= 4 is 52.9 Å². The molecule has 4 rings (SSSR count). The van der Waals surface area contributed by atoms with Crippen LogP contribution in [0.15, 0.2) is 64.2 Å². The molecule has 0 unspecified atom stereocenters. The summed E-state index contributed by atoms with van der Waals surface area (Å²) >= 11 is 7.15. The summed E-state index contributed by atoms with van der Waals surface area (Å²) in [5, 5.41) is 46.1. The fraction of sp³-hybridized carbons (Fsp3) is 0.350. The predicted molar refractivity (Wildman–Crippen MR) is 221 cm³/mol. The van der Waals surface area contributed by atoms with Gasteiger partial charge in [0.2, 0.25) is 17.7 Å². The van der Waals surface area contributed by atoms with Crippen LogP contribution in [-0.2, 0) is 34.4 Å². The Morgan fingerprint density at radius 3 is 1.93 bits per heavy atom. The highest BCUT2D eigenvalue weighted by atomic mass is 35.5. The van der Waals surface area contributed by atoms with Gasteiger partial charge in [0.25, 0.3) is 0 Å². The van der Waals surface area contributed by atoms with Gasteiger partial charge in [0.1, 0.15) is 53.8 Å². The molecule has 2 aromatic carbocycles. The molecule has 0 saturated carbocycles. The van der Waals surface area contributed by atoms with Gasteiger partial charge < -0.3 is 56.7 Å². The number of aliphatic hydroxyl groups is 2. The number of carbonyl (C=O) groups excluding carboxylic acids is 4. The van der Waals surface area contributed by atoms with Crippen molar-refractivity contribution in [2.75, 3.05) is 18.9 Å². The van der Waals surface area contributed by atoms with Crippen LogP contribution in [0.5, 0.6) is 5.75 Å². The number of aromatic nitrogens is 2. The van der Waals surface area contributed by atoms with Gasteiger partial charge in [-0.2, -0.15) is 10.5 Å². The summed E-state index contributed by atoms with van der Waals surface area (Å²) in [4.78, 5) is 59.5. The summed E-state index contributed by atoms with van der Waals surface area (Å²) < 4.78 is 22.3. The number of nitrogens with zero attached hydrogens (tertiary/aromatic N) is 4. The van der Waals surface area contributed by atoms with E-state index >= 15 is 0 Å². The molecular weight excluding hydrogens is 834 g/mol. The Hall–Kier alpha value is -6.26. The first-order valence-corrected chi connectivity index (χ1v) is 19.9. The summed E-state index contributed by atoms with van der Waals surface area (Å²) in [5.74, 6) is -3.02. The summed E-state index contributed by atoms with van der Waals surface area (Å²) in [7, 11) is 0. The Morgan fingerprint density at radius 2 is 1.39 bits per heavy atom. The van der Waals surface area contributed by atoms with E-state index in [-0.39, 0.29) is 39.0 Å². The quantitative estimate of drug-likeness (QED) is 0.0523. The number of anilines is 1. The van der Waals surface area contributed by atoms with E-state index in [9.17, 15) is 39.9 Å². The van der Waals surface area contributed by atoms with E-state index in [0.717, 1.165) is 0 Å². The van der Waals surface area contributed by atoms with E-state index in [2.05, 4.69) is 26.7 Å². The number of nitrogen functional groups attached to an aromatic ring is 1. The Balaban J connectivity index is 1.55. The van der Waals surface area contributed by atoms with Gasteiger partial charge in [-0.05, 0) is 69.7 Å². The zero-order chi connectivity index (χ0) is 45.0. The summed E-state index contributed by atoms with van der Waals surface area (Å²) in [6, 6.07) is 12.1. The van der Waals surface area contributed by atoms with Crippen LogP contribution in [0.4, 0.5) is 5.82 Å². The van der Waals surface area contributed by atoms with Crippen molar-refractivity contribution in [1.29, 1.82) is 10.5 Å². The first-order valence-electron chi connectivity index (χ1n) is 18.5. The van der Waals surface area contributed by atoms with Gasteiger partial charge in [-0.3, -0.25) is 9.59 Å². The van der Waals surface area contributed by atoms with Gasteiger partial charge >= 0.3 is 11.9 Å². The summed E-state index contributed by atoms with van der Waals surface area (Å²) in [5.41, 5.74) is 19.3. The molecular formula is C40H44ClN9O10S. The molecule has 2 aromatic heterocycles. The van der Waals surface area contributed by atoms with Crippen molar-refractivity contribution in [3.05, 3.63) is 76.6 Å². The number of hydrogen-bond donors (Lipinski definition) is 7. The molecule has 0 fully saturated rings. The number of halogens is 1. The number of esters is 2. The first kappa shape index (κ1) is 47.4. The van der Waals surface area contributed by atoms with Gasteiger partial charge in [0.15, 0.2) is 18.2 Å². The molecule has 0 radical (unpaired) electrons. The number of nitriles is 2. The van der Waals surface area contributed by atoms with Crippen LogP contribution in [0.1, 0.15) is 44.5 Å². The Labute approximate surface area is 359 Å². The van der Waals surface area contributed by atoms with Crippen molar-refractivity contribution in [3.63, 3.8) is 0 Å². The molecule has 0 aliphatic rings. The standard InChI is InChI=1S/C40H44ClN9O10S/c1-19(44)35(53)48-32(21(3)51)39(55)59-17-28(60-40(56)33(22(4)52)49-36(54)20(2)45)16-57-27-11-7-23(8-12-27)31-29(13-42)34(46)50-38(30(31)14-43)61-18-26-15-58-37(47-26)24-5-9-25(41)10-6-24/h5-12,15,19-22,28,32-33,51-52H,16-18,44-45H2,1-4H3,(H2,46,50)(H,48,53)(H,49,54)/t19-,20-,21+,22+,28-,32-,33-/m0/s1. The topological polar surface area (TPSA) is 325 Å². The molecule has 0 aliphatic heterocycles. The van der Waals surface area contributed by atoms with E-state index in [4.69, 9.17) is 47.4 Å². The number of oxazole rings is 1. The number of rotatable bonds is 19. The van der Waals surface area contributed by atoms with E-state index < -0.39 is 79.4 Å². The molecule has 0 saturated heterocycles. The number of carbonyl (C=O) groups is 4. The lowest BCUT2D eigenvalue weighted by Crippen LogP contribution is -2.54. The minimum Gasteiger partial charge on any atom is -0.490 e. The Morgan fingerprint density at radius 1 is 0.836 bits per heavy atom. The van der Waals surface area contributed by atoms with Gasteiger partial charge in [0, 0.05) is 21.9 Å². The monoisotopic (exact) mass is 877 g/mol. The van der Waals surface area contributed by atoms with Crippen molar-refractivity contribution in [2.24, 2.45) is 11.5 Å². The maximum atomic E-state index is 13.2. The second kappa shape index (κ2) is 21.8. The van der Waals surface area contributed by atoms with Crippen LogP contribution in [0.2, 0.25) is 5.02 Å². The smallest absolute Gasteiger partial charge is 0.331 e. The van der Waals surface area contributed by atoms with Crippen LogP contribution in [0.25, 0.3) is 22.6 Å². The minimum absolute atomic E-state index is 0.0359. The number of nitrogens with one attached hydrogen (secondary N) is 2. The van der Waals surface area contributed by atoms with E-state index in [1.54, 1.807) is 36.4 Å². The van der Waals surface area contributed by atoms with Crippen molar-refractivity contribution < 1.29 is 48.0 Å². The molecule has 19 nitrogen and oxygen atoms in total. The van der Waals surface area contributed by atoms with Crippen LogP contribution in [-0.4, -0.2) is 99.6 Å². The number of pyridine rings is 1. The summed E-state index contributed by atoms with van der Waals surface area (Å²) in [6.45, 7) is 4.08. The second-order valence-electron chi connectivity index (χ2n) is 13.6. The molecule has 7 atom stereocenters. The molecule has 61 heavy (non-hydrogen) atoms. The average molecular weight is 878 g/mol. The predicted octanol–water partition coefficient (Wildman–Crippen LogP) is 1.93. The highest BCUT2D eigenvalue weighted by Gasteiger charge is 2.33. The highest BCUT2D eigenvalue weighted by molar-refractivity contribution is 7.98.